The molecule has 1 fully saturated rings. The maximum absolute atomic E-state index is 10.7. The smallest absolute Gasteiger partial charge is 0.217 e. The van der Waals surface area contributed by atoms with Crippen LogP contribution in [0.15, 0.2) is 54.6 Å². The summed E-state index contributed by atoms with van der Waals surface area (Å²) in [6.07, 6.45) is 10.2. The van der Waals surface area contributed by atoms with Crippen molar-refractivity contribution >= 4 is 5.91 Å². The molecule has 5 atom stereocenters. The Kier molecular flexibility index (Phi) is 9.41. The second-order valence-corrected chi connectivity index (χ2v) is 7.65. The topological polar surface area (TPSA) is 104 Å². The van der Waals surface area contributed by atoms with Gasteiger partial charge in [-0.2, -0.15) is 0 Å². The Labute approximate surface area is 167 Å². The van der Waals surface area contributed by atoms with E-state index < -0.39 is 18.3 Å². The highest BCUT2D eigenvalue weighted by Crippen LogP contribution is 2.36. The summed E-state index contributed by atoms with van der Waals surface area (Å²) in [5.41, 5.74) is 6.30. The van der Waals surface area contributed by atoms with Crippen LogP contribution in [0.3, 0.4) is 0 Å². The lowest BCUT2D eigenvalue weighted by molar-refractivity contribution is -0.118. The predicted octanol–water partition coefficient (Wildman–Crippen LogP) is 2.50. The highest BCUT2D eigenvalue weighted by atomic mass is 16.3. The lowest BCUT2D eigenvalue weighted by Gasteiger charge is -2.19. The van der Waals surface area contributed by atoms with Crippen molar-refractivity contribution in [2.75, 3.05) is 0 Å². The largest absolute Gasteiger partial charge is 0.393 e. The van der Waals surface area contributed by atoms with Crippen LogP contribution in [0.25, 0.3) is 0 Å². The first-order chi connectivity index (χ1) is 13.5. The standard InChI is InChI=1S/C23H33NO4/c24-23(28)11-7-2-1-6-10-19-20(22(27)16-21(19)26)15-14-18(25)13-12-17-8-4-3-5-9-17/h1,3-6,8-9,14-15,18-22,25-27H,2,7,10-13,16H2,(H2,24,28)/b6-1-,15-14?/t18-,19+,20+,21-,22+/m0/s1. The van der Waals surface area contributed by atoms with Crippen LogP contribution in [-0.2, 0) is 11.2 Å². The molecule has 1 aromatic carbocycles. The number of hydrogen-bond acceptors (Lipinski definition) is 4. The highest BCUT2D eigenvalue weighted by molar-refractivity contribution is 5.73. The highest BCUT2D eigenvalue weighted by Gasteiger charge is 2.39. The molecule has 1 amide bonds. The van der Waals surface area contributed by atoms with Crippen molar-refractivity contribution < 1.29 is 20.1 Å². The first-order valence-electron chi connectivity index (χ1n) is 10.2. The number of aliphatic hydroxyl groups is 3. The maximum Gasteiger partial charge on any atom is 0.217 e. The van der Waals surface area contributed by atoms with Crippen LogP contribution in [0.1, 0.15) is 44.1 Å². The van der Waals surface area contributed by atoms with Crippen molar-refractivity contribution in [3.8, 4) is 0 Å². The Morgan fingerprint density at radius 3 is 2.64 bits per heavy atom. The molecule has 1 aliphatic carbocycles. The average molecular weight is 388 g/mol. The van der Waals surface area contributed by atoms with Gasteiger partial charge in [-0.05, 0) is 43.6 Å². The molecular weight excluding hydrogens is 354 g/mol. The Morgan fingerprint density at radius 1 is 1.18 bits per heavy atom. The summed E-state index contributed by atoms with van der Waals surface area (Å²) in [5.74, 6) is -0.532. The van der Waals surface area contributed by atoms with Crippen LogP contribution in [0.4, 0.5) is 0 Å². The Balaban J connectivity index is 1.82. The number of aryl methyl sites for hydroxylation is 1. The number of unbranched alkanes of at least 4 members (excludes halogenated alkanes) is 1. The molecule has 28 heavy (non-hydrogen) atoms. The summed E-state index contributed by atoms with van der Waals surface area (Å²) in [5, 5.41) is 30.8. The van der Waals surface area contributed by atoms with Crippen LogP contribution < -0.4 is 5.73 Å². The third-order valence-electron chi connectivity index (χ3n) is 5.41. The van der Waals surface area contributed by atoms with E-state index in [9.17, 15) is 20.1 Å². The zero-order valence-electron chi connectivity index (χ0n) is 16.4. The molecule has 154 valence electrons. The number of primary amides is 1. The molecule has 1 saturated carbocycles. The van der Waals surface area contributed by atoms with Crippen LogP contribution in [-0.4, -0.2) is 39.5 Å². The molecule has 1 aromatic rings. The van der Waals surface area contributed by atoms with Crippen molar-refractivity contribution in [1.82, 2.24) is 0 Å². The van der Waals surface area contributed by atoms with Gasteiger partial charge in [0.05, 0.1) is 18.3 Å². The van der Waals surface area contributed by atoms with Crippen LogP contribution in [0.5, 0.6) is 0 Å². The zero-order valence-corrected chi connectivity index (χ0v) is 16.4. The van der Waals surface area contributed by atoms with Crippen LogP contribution in [0, 0.1) is 11.8 Å². The maximum atomic E-state index is 10.7. The molecule has 0 spiro atoms. The summed E-state index contributed by atoms with van der Waals surface area (Å²) in [7, 11) is 0. The van der Waals surface area contributed by atoms with E-state index in [0.29, 0.717) is 25.7 Å². The van der Waals surface area contributed by atoms with Gasteiger partial charge in [0.2, 0.25) is 5.91 Å². The van der Waals surface area contributed by atoms with Gasteiger partial charge >= 0.3 is 0 Å². The molecule has 0 aromatic heterocycles. The number of hydrogen-bond donors (Lipinski definition) is 4. The number of allylic oxidation sites excluding steroid dienone is 2. The van der Waals surface area contributed by atoms with E-state index in [1.807, 2.05) is 48.6 Å². The van der Waals surface area contributed by atoms with Crippen molar-refractivity contribution in [3.05, 3.63) is 60.2 Å². The predicted molar refractivity (Wildman–Crippen MR) is 110 cm³/mol. The van der Waals surface area contributed by atoms with Crippen molar-refractivity contribution in [3.63, 3.8) is 0 Å². The number of aliphatic hydroxyl groups excluding tert-OH is 3. The molecule has 2 rings (SSSR count). The lowest BCUT2D eigenvalue weighted by atomic mass is 9.89. The third-order valence-corrected chi connectivity index (χ3v) is 5.41. The molecule has 0 heterocycles. The van der Waals surface area contributed by atoms with Gasteiger partial charge in [-0.15, -0.1) is 0 Å². The van der Waals surface area contributed by atoms with Gasteiger partial charge < -0.3 is 21.1 Å². The summed E-state index contributed by atoms with van der Waals surface area (Å²) >= 11 is 0. The molecule has 5 nitrogen and oxygen atoms in total. The number of benzene rings is 1. The summed E-state index contributed by atoms with van der Waals surface area (Å²) in [4.78, 5) is 10.7. The van der Waals surface area contributed by atoms with E-state index in [1.54, 1.807) is 6.08 Å². The van der Waals surface area contributed by atoms with Gasteiger partial charge in [0.1, 0.15) is 0 Å². The minimum Gasteiger partial charge on any atom is -0.393 e. The Hall–Kier alpha value is -1.95. The van der Waals surface area contributed by atoms with Crippen molar-refractivity contribution in [2.45, 2.75) is 63.3 Å². The first kappa shape index (κ1) is 22.3. The lowest BCUT2D eigenvalue weighted by Crippen LogP contribution is -2.20. The Bertz CT molecular complexity index is 643. The SMILES string of the molecule is NC(=O)CCC/C=C\C[C@@H]1[C@@H](C=C[C@@H](O)CCc2ccccc2)[C@H](O)C[C@@H]1O. The minimum absolute atomic E-state index is 0.0695. The van der Waals surface area contributed by atoms with Crippen molar-refractivity contribution in [1.29, 1.82) is 0 Å². The monoisotopic (exact) mass is 387 g/mol. The number of amides is 1. The molecule has 0 bridgehead atoms. The van der Waals surface area contributed by atoms with Crippen LogP contribution in [0.2, 0.25) is 0 Å². The van der Waals surface area contributed by atoms with E-state index in [1.165, 1.54) is 5.56 Å². The molecular formula is C23H33NO4. The fraction of sp³-hybridized carbons (Fsp3) is 0.522. The Morgan fingerprint density at radius 2 is 1.93 bits per heavy atom. The summed E-state index contributed by atoms with van der Waals surface area (Å²) in [6, 6.07) is 10.0. The molecule has 0 unspecified atom stereocenters. The number of carbonyl (C=O) groups is 1. The molecule has 5 heteroatoms. The minimum atomic E-state index is -0.596. The second kappa shape index (κ2) is 11.8. The van der Waals surface area contributed by atoms with Gasteiger partial charge in [0, 0.05) is 18.8 Å². The van der Waals surface area contributed by atoms with E-state index in [0.717, 1.165) is 19.3 Å². The molecule has 5 N–H and O–H groups in total. The molecule has 0 aliphatic heterocycles. The number of rotatable bonds is 11. The molecule has 0 radical (unpaired) electrons. The summed E-state index contributed by atoms with van der Waals surface area (Å²) in [6.45, 7) is 0. The fourth-order valence-electron chi connectivity index (χ4n) is 3.78. The second-order valence-electron chi connectivity index (χ2n) is 7.65. The normalized spacial score (nSPS) is 26.2. The van der Waals surface area contributed by atoms with E-state index in [2.05, 4.69) is 0 Å². The van der Waals surface area contributed by atoms with E-state index in [-0.39, 0.29) is 17.7 Å². The van der Waals surface area contributed by atoms with E-state index >= 15 is 0 Å². The van der Waals surface area contributed by atoms with E-state index in [4.69, 9.17) is 5.73 Å². The fourth-order valence-corrected chi connectivity index (χ4v) is 3.78. The van der Waals surface area contributed by atoms with Gasteiger partial charge in [0.15, 0.2) is 0 Å². The quantitative estimate of drug-likeness (QED) is 0.346. The van der Waals surface area contributed by atoms with Crippen molar-refractivity contribution in [2.24, 2.45) is 17.6 Å². The molecule has 1 aliphatic rings. The zero-order chi connectivity index (χ0) is 20.4. The number of carbonyl (C=O) groups excluding carboxylic acids is 1. The van der Waals surface area contributed by atoms with Gasteiger partial charge in [-0.1, -0.05) is 54.6 Å². The van der Waals surface area contributed by atoms with Crippen LogP contribution >= 0.6 is 0 Å². The third kappa shape index (κ3) is 7.58. The average Bonchev–Trinajstić information content (AvgIpc) is 2.94. The van der Waals surface area contributed by atoms with Gasteiger partial charge in [-0.25, -0.2) is 0 Å². The summed E-state index contributed by atoms with van der Waals surface area (Å²) < 4.78 is 0. The molecule has 0 saturated heterocycles. The van der Waals surface area contributed by atoms with Gasteiger partial charge in [0.25, 0.3) is 0 Å². The number of nitrogens with two attached hydrogens (primary N) is 1. The first-order valence-corrected chi connectivity index (χ1v) is 10.2. The van der Waals surface area contributed by atoms with Gasteiger partial charge in [-0.3, -0.25) is 4.79 Å².